The number of halogens is 1. The maximum Gasteiger partial charge on any atom is 0.325 e. The van der Waals surface area contributed by atoms with Crippen molar-refractivity contribution in [2.75, 3.05) is 19.1 Å². The van der Waals surface area contributed by atoms with E-state index in [9.17, 15) is 4.79 Å². The summed E-state index contributed by atoms with van der Waals surface area (Å²) in [6.45, 7) is 1.78. The fourth-order valence-electron chi connectivity index (χ4n) is 1.71. The molecule has 0 radical (unpaired) electrons. The van der Waals surface area contributed by atoms with Crippen molar-refractivity contribution in [3.63, 3.8) is 0 Å². The summed E-state index contributed by atoms with van der Waals surface area (Å²) in [7, 11) is 2.96. The Morgan fingerprint density at radius 3 is 2.43 bits per heavy atom. The second-order valence-corrected chi connectivity index (χ2v) is 5.50. The third kappa shape index (κ3) is 3.01. The van der Waals surface area contributed by atoms with Gasteiger partial charge in [0.25, 0.3) is 0 Å². The Labute approximate surface area is 130 Å². The van der Waals surface area contributed by atoms with E-state index in [1.165, 1.54) is 36.5 Å². The van der Waals surface area contributed by atoms with E-state index in [0.29, 0.717) is 32.3 Å². The number of ether oxygens (including phenoxy) is 2. The highest BCUT2D eigenvalue weighted by molar-refractivity contribution is 7.15. The first kappa shape index (κ1) is 15.3. The van der Waals surface area contributed by atoms with E-state index in [1.807, 2.05) is 0 Å². The van der Waals surface area contributed by atoms with Gasteiger partial charge in [0, 0.05) is 6.07 Å². The van der Waals surface area contributed by atoms with Crippen LogP contribution in [0.1, 0.15) is 5.01 Å². The number of rotatable bonds is 4. The molecule has 1 aromatic carbocycles. The Balaban J connectivity index is 2.60. The molecule has 1 aromatic heterocycles. The van der Waals surface area contributed by atoms with Crippen molar-refractivity contribution in [2.24, 2.45) is 5.73 Å². The fourth-order valence-corrected chi connectivity index (χ4v) is 2.65. The van der Waals surface area contributed by atoms with Crippen LogP contribution < -0.4 is 20.1 Å². The zero-order chi connectivity index (χ0) is 15.6. The van der Waals surface area contributed by atoms with Gasteiger partial charge in [-0.15, -0.1) is 10.2 Å². The Morgan fingerprint density at radius 2 is 1.95 bits per heavy atom. The molecule has 7 nitrogen and oxygen atoms in total. The van der Waals surface area contributed by atoms with Crippen molar-refractivity contribution < 1.29 is 14.3 Å². The Bertz CT molecular complexity index is 677. The lowest BCUT2D eigenvalue weighted by molar-refractivity contribution is 0.256. The number of primary amides is 1. The largest absolute Gasteiger partial charge is 0.495 e. The molecule has 2 N–H and O–H groups in total. The molecule has 0 aliphatic rings. The van der Waals surface area contributed by atoms with Crippen LogP contribution in [0.25, 0.3) is 0 Å². The van der Waals surface area contributed by atoms with Crippen molar-refractivity contribution in [2.45, 2.75) is 6.92 Å². The van der Waals surface area contributed by atoms with Crippen LogP contribution >= 0.6 is 22.9 Å². The number of carbonyl (C=O) groups is 1. The number of benzene rings is 1. The first-order valence-corrected chi connectivity index (χ1v) is 6.98. The van der Waals surface area contributed by atoms with Crippen molar-refractivity contribution in [1.82, 2.24) is 10.2 Å². The summed E-state index contributed by atoms with van der Waals surface area (Å²) in [5.74, 6) is 0.804. The summed E-state index contributed by atoms with van der Waals surface area (Å²) < 4.78 is 10.4. The van der Waals surface area contributed by atoms with Crippen LogP contribution in [0.3, 0.4) is 0 Å². The number of methoxy groups -OCH3 is 2. The van der Waals surface area contributed by atoms with E-state index >= 15 is 0 Å². The van der Waals surface area contributed by atoms with E-state index in [4.69, 9.17) is 26.8 Å². The van der Waals surface area contributed by atoms with Gasteiger partial charge in [0.2, 0.25) is 5.13 Å². The third-order valence-electron chi connectivity index (χ3n) is 2.62. The van der Waals surface area contributed by atoms with Gasteiger partial charge < -0.3 is 15.2 Å². The van der Waals surface area contributed by atoms with Crippen LogP contribution in [0.5, 0.6) is 11.5 Å². The number of nitrogens with two attached hydrogens (primary N) is 1. The Hall–Kier alpha value is -2.06. The van der Waals surface area contributed by atoms with Crippen molar-refractivity contribution in [1.29, 1.82) is 0 Å². The molecular formula is C12H13ClN4O3S. The van der Waals surface area contributed by atoms with Gasteiger partial charge in [0.15, 0.2) is 0 Å². The molecule has 0 spiro atoms. The van der Waals surface area contributed by atoms with E-state index in [1.54, 1.807) is 13.0 Å². The zero-order valence-corrected chi connectivity index (χ0v) is 13.2. The standard InChI is InChI=1S/C12H13ClN4O3S/c1-6-15-16-12(21-6)17(11(14)18)8-4-7(13)9(19-2)5-10(8)20-3/h4-5H,1-3H3,(H2,14,18). The van der Waals surface area contributed by atoms with Gasteiger partial charge >= 0.3 is 6.03 Å². The molecule has 21 heavy (non-hydrogen) atoms. The third-order valence-corrected chi connectivity index (χ3v) is 3.74. The molecule has 112 valence electrons. The summed E-state index contributed by atoms with van der Waals surface area (Å²) in [6.07, 6.45) is 0. The molecule has 0 aliphatic carbocycles. The lowest BCUT2D eigenvalue weighted by atomic mass is 10.2. The van der Waals surface area contributed by atoms with Crippen LogP contribution in [0, 0.1) is 6.92 Å². The second kappa shape index (κ2) is 6.15. The number of hydrogen-bond donors (Lipinski definition) is 1. The summed E-state index contributed by atoms with van der Waals surface area (Å²) in [4.78, 5) is 13.0. The van der Waals surface area contributed by atoms with Gasteiger partial charge in [0.1, 0.15) is 16.5 Å². The predicted octanol–water partition coefficient (Wildman–Crippen LogP) is 2.73. The normalized spacial score (nSPS) is 10.3. The van der Waals surface area contributed by atoms with Crippen LogP contribution in [0.15, 0.2) is 12.1 Å². The minimum atomic E-state index is -0.717. The van der Waals surface area contributed by atoms with Crippen molar-refractivity contribution in [3.05, 3.63) is 22.2 Å². The summed E-state index contributed by atoms with van der Waals surface area (Å²) in [5.41, 5.74) is 5.82. The number of nitrogens with zero attached hydrogens (tertiary/aromatic N) is 3. The molecule has 0 saturated heterocycles. The van der Waals surface area contributed by atoms with Gasteiger partial charge in [0.05, 0.1) is 24.9 Å². The number of aryl methyl sites for hydroxylation is 1. The van der Waals surface area contributed by atoms with Gasteiger partial charge in [-0.25, -0.2) is 9.69 Å². The fraction of sp³-hybridized carbons (Fsp3) is 0.250. The molecule has 2 rings (SSSR count). The molecule has 2 amide bonds. The van der Waals surface area contributed by atoms with Crippen LogP contribution in [0.2, 0.25) is 5.02 Å². The molecular weight excluding hydrogens is 316 g/mol. The maximum absolute atomic E-state index is 11.8. The SMILES string of the molecule is COc1cc(OC)c(N(C(N)=O)c2nnc(C)s2)cc1Cl. The summed E-state index contributed by atoms with van der Waals surface area (Å²) >= 11 is 7.33. The average molecular weight is 329 g/mol. The first-order valence-electron chi connectivity index (χ1n) is 5.79. The average Bonchev–Trinajstić information content (AvgIpc) is 2.85. The van der Waals surface area contributed by atoms with E-state index in [2.05, 4.69) is 10.2 Å². The smallest absolute Gasteiger partial charge is 0.325 e. The topological polar surface area (TPSA) is 90.6 Å². The predicted molar refractivity (Wildman–Crippen MR) is 80.9 cm³/mol. The highest BCUT2D eigenvalue weighted by Crippen LogP contribution is 2.41. The lowest BCUT2D eigenvalue weighted by Crippen LogP contribution is -2.31. The molecule has 0 unspecified atom stereocenters. The van der Waals surface area contributed by atoms with Gasteiger partial charge in [-0.2, -0.15) is 0 Å². The van der Waals surface area contributed by atoms with Crippen molar-refractivity contribution >= 4 is 39.8 Å². The molecule has 0 saturated carbocycles. The number of amides is 2. The molecule has 0 aliphatic heterocycles. The van der Waals surface area contributed by atoms with Gasteiger partial charge in [-0.05, 0) is 13.0 Å². The number of aromatic nitrogens is 2. The van der Waals surface area contributed by atoms with E-state index in [0.717, 1.165) is 0 Å². The number of urea groups is 1. The molecule has 0 bridgehead atoms. The first-order chi connectivity index (χ1) is 9.97. The van der Waals surface area contributed by atoms with Crippen LogP contribution in [0.4, 0.5) is 15.6 Å². The van der Waals surface area contributed by atoms with Gasteiger partial charge in [-0.3, -0.25) is 0 Å². The maximum atomic E-state index is 11.8. The Kier molecular flexibility index (Phi) is 4.49. The molecule has 0 fully saturated rings. The van der Waals surface area contributed by atoms with Crippen molar-refractivity contribution in [3.8, 4) is 11.5 Å². The molecule has 1 heterocycles. The Morgan fingerprint density at radius 1 is 1.29 bits per heavy atom. The van der Waals surface area contributed by atoms with E-state index < -0.39 is 6.03 Å². The highest BCUT2D eigenvalue weighted by Gasteiger charge is 2.24. The molecule has 9 heteroatoms. The van der Waals surface area contributed by atoms with Gasteiger partial charge in [-0.1, -0.05) is 22.9 Å². The van der Waals surface area contributed by atoms with E-state index in [-0.39, 0.29) is 0 Å². The molecule has 0 atom stereocenters. The van der Waals surface area contributed by atoms with Crippen LogP contribution in [-0.2, 0) is 0 Å². The molecule has 2 aromatic rings. The monoisotopic (exact) mass is 328 g/mol. The minimum absolute atomic E-state index is 0.320. The highest BCUT2D eigenvalue weighted by atomic mass is 35.5. The quantitative estimate of drug-likeness (QED) is 0.931. The number of hydrogen-bond acceptors (Lipinski definition) is 6. The summed E-state index contributed by atoms with van der Waals surface area (Å²) in [6, 6.07) is 2.38. The zero-order valence-electron chi connectivity index (χ0n) is 11.6. The number of carbonyl (C=O) groups excluding carboxylic acids is 1. The lowest BCUT2D eigenvalue weighted by Gasteiger charge is -2.20. The summed E-state index contributed by atoms with van der Waals surface area (Å²) in [5, 5.41) is 9.16. The second-order valence-electron chi connectivity index (χ2n) is 3.94. The minimum Gasteiger partial charge on any atom is -0.495 e. The van der Waals surface area contributed by atoms with Crippen LogP contribution in [-0.4, -0.2) is 30.4 Å². The number of anilines is 2.